The zero-order valence-corrected chi connectivity index (χ0v) is 6.97. The van der Waals surface area contributed by atoms with Gasteiger partial charge in [0, 0.05) is 0 Å². The third-order valence-electron chi connectivity index (χ3n) is 1.12. The summed E-state index contributed by atoms with van der Waals surface area (Å²) in [5.41, 5.74) is 4.89. The van der Waals surface area contributed by atoms with Crippen molar-refractivity contribution in [3.63, 3.8) is 0 Å². The zero-order chi connectivity index (χ0) is 9.07. The van der Waals surface area contributed by atoms with Gasteiger partial charge in [0.05, 0.1) is 5.75 Å². The molecule has 5 nitrogen and oxygen atoms in total. The van der Waals surface area contributed by atoms with Crippen molar-refractivity contribution in [1.82, 2.24) is 0 Å². The van der Waals surface area contributed by atoms with Crippen molar-refractivity contribution in [1.29, 1.82) is 0 Å². The summed E-state index contributed by atoms with van der Waals surface area (Å²) in [6.45, 7) is 1.64. The van der Waals surface area contributed by atoms with E-state index >= 15 is 0 Å². The molecule has 0 bridgehead atoms. The summed E-state index contributed by atoms with van der Waals surface area (Å²) in [4.78, 5) is 10.1. The van der Waals surface area contributed by atoms with Gasteiger partial charge >= 0.3 is 5.97 Å². The molecule has 3 N–H and O–H groups in total. The van der Waals surface area contributed by atoms with Crippen LogP contribution in [0.25, 0.3) is 0 Å². The second kappa shape index (κ2) is 3.68. The van der Waals surface area contributed by atoms with Gasteiger partial charge in [-0.25, -0.2) is 13.2 Å². The molecule has 1 atom stereocenters. The maximum absolute atomic E-state index is 10.9. The highest BCUT2D eigenvalue weighted by Crippen LogP contribution is 1.98. The van der Waals surface area contributed by atoms with Crippen molar-refractivity contribution >= 4 is 15.8 Å². The van der Waals surface area contributed by atoms with E-state index in [1.807, 2.05) is 0 Å². The van der Waals surface area contributed by atoms with E-state index in [2.05, 4.69) is 0 Å². The molecule has 0 aromatic heterocycles. The molecular weight excluding hydrogens is 170 g/mol. The molecule has 0 spiro atoms. The summed E-state index contributed by atoms with van der Waals surface area (Å²) in [7, 11) is -3.63. The number of carboxylic acids is 1. The number of carboxylic acid groups (broad SMARTS) is 1. The lowest BCUT2D eigenvalue weighted by Gasteiger charge is -2.05. The number of aliphatic carboxylic acids is 1. The third-order valence-corrected chi connectivity index (χ3v) is 3.07. The first kappa shape index (κ1) is 10.4. The van der Waals surface area contributed by atoms with Gasteiger partial charge in [-0.2, -0.15) is 0 Å². The summed E-state index contributed by atoms with van der Waals surface area (Å²) in [5.74, 6) is -1.68. The van der Waals surface area contributed by atoms with E-state index in [9.17, 15) is 13.2 Å². The van der Waals surface area contributed by atoms with Crippen molar-refractivity contribution in [2.24, 2.45) is 5.73 Å². The highest BCUT2D eigenvalue weighted by atomic mass is 32.2. The molecule has 0 aromatic carbocycles. The molecular formula is C5H11NO4S. The number of sulfone groups is 1. The first-order chi connectivity index (χ1) is 4.91. The van der Waals surface area contributed by atoms with E-state index in [-0.39, 0.29) is 5.75 Å². The van der Waals surface area contributed by atoms with E-state index in [4.69, 9.17) is 10.8 Å². The summed E-state index contributed by atoms with van der Waals surface area (Å²) in [6.07, 6.45) is 0.378. The minimum atomic E-state index is -3.63. The standard InChI is InChI=1S/C5H11NO4S/c1-2-3-11(9,10)4(6)5(7)8/h4H,2-3,6H2,1H3,(H,7,8). The Hall–Kier alpha value is -0.620. The zero-order valence-electron chi connectivity index (χ0n) is 6.15. The van der Waals surface area contributed by atoms with Crippen molar-refractivity contribution < 1.29 is 18.3 Å². The lowest BCUT2D eigenvalue weighted by Crippen LogP contribution is -2.39. The number of rotatable bonds is 4. The Balaban J connectivity index is 4.44. The Morgan fingerprint density at radius 1 is 1.64 bits per heavy atom. The molecule has 0 amide bonds. The molecule has 0 aliphatic carbocycles. The van der Waals surface area contributed by atoms with Crippen LogP contribution in [-0.4, -0.2) is 30.6 Å². The normalized spacial score (nSPS) is 14.4. The Morgan fingerprint density at radius 3 is 2.36 bits per heavy atom. The minimum absolute atomic E-state index is 0.180. The fourth-order valence-electron chi connectivity index (χ4n) is 0.565. The van der Waals surface area contributed by atoms with E-state index in [1.165, 1.54) is 0 Å². The fourth-order valence-corrected chi connectivity index (χ4v) is 1.70. The second-order valence-corrected chi connectivity index (χ2v) is 4.37. The summed E-state index contributed by atoms with van der Waals surface area (Å²) >= 11 is 0. The van der Waals surface area contributed by atoms with Crippen LogP contribution in [-0.2, 0) is 14.6 Å². The topological polar surface area (TPSA) is 97.5 Å². The molecule has 66 valence electrons. The average Bonchev–Trinajstić information content (AvgIpc) is 1.86. The molecule has 0 saturated heterocycles. The number of nitrogens with two attached hydrogens (primary N) is 1. The number of hydrogen-bond donors (Lipinski definition) is 2. The van der Waals surface area contributed by atoms with Gasteiger partial charge in [-0.3, -0.25) is 0 Å². The molecule has 0 saturated carbocycles. The molecule has 11 heavy (non-hydrogen) atoms. The van der Waals surface area contributed by atoms with Gasteiger partial charge in [0.25, 0.3) is 0 Å². The van der Waals surface area contributed by atoms with Crippen molar-refractivity contribution in [2.45, 2.75) is 18.7 Å². The predicted octanol–water partition coefficient (Wildman–Crippen LogP) is -0.819. The van der Waals surface area contributed by atoms with Crippen LogP contribution in [0.1, 0.15) is 13.3 Å². The van der Waals surface area contributed by atoms with Gasteiger partial charge in [0.2, 0.25) is 5.37 Å². The lowest BCUT2D eigenvalue weighted by atomic mass is 10.6. The van der Waals surface area contributed by atoms with Crippen LogP contribution < -0.4 is 5.73 Å². The summed E-state index contributed by atoms with van der Waals surface area (Å²) < 4.78 is 21.7. The number of hydrogen-bond acceptors (Lipinski definition) is 4. The average molecular weight is 181 g/mol. The van der Waals surface area contributed by atoms with E-state index in [1.54, 1.807) is 6.92 Å². The van der Waals surface area contributed by atoms with Crippen LogP contribution in [0.3, 0.4) is 0 Å². The fraction of sp³-hybridized carbons (Fsp3) is 0.800. The monoisotopic (exact) mass is 181 g/mol. The molecule has 0 heterocycles. The van der Waals surface area contributed by atoms with Crippen molar-refractivity contribution in [3.8, 4) is 0 Å². The second-order valence-electron chi connectivity index (χ2n) is 2.13. The molecule has 6 heteroatoms. The molecule has 0 fully saturated rings. The molecule has 1 unspecified atom stereocenters. The quantitative estimate of drug-likeness (QED) is 0.590. The van der Waals surface area contributed by atoms with Gasteiger partial charge in [0.15, 0.2) is 9.84 Å². The summed E-state index contributed by atoms with van der Waals surface area (Å²) in [5, 5.41) is 6.46. The maximum atomic E-state index is 10.9. The Kier molecular flexibility index (Phi) is 3.47. The van der Waals surface area contributed by atoms with Gasteiger partial charge in [-0.15, -0.1) is 0 Å². The molecule has 0 aromatic rings. The van der Waals surface area contributed by atoms with Gasteiger partial charge < -0.3 is 10.8 Å². The van der Waals surface area contributed by atoms with E-state index in [0.717, 1.165) is 0 Å². The Bertz CT molecular complexity index is 233. The van der Waals surface area contributed by atoms with Crippen molar-refractivity contribution in [2.75, 3.05) is 5.75 Å². The van der Waals surface area contributed by atoms with Crippen LogP contribution >= 0.6 is 0 Å². The van der Waals surface area contributed by atoms with E-state index in [0.29, 0.717) is 6.42 Å². The van der Waals surface area contributed by atoms with Gasteiger partial charge in [-0.1, -0.05) is 6.92 Å². The summed E-state index contributed by atoms with van der Waals surface area (Å²) in [6, 6.07) is 0. The highest BCUT2D eigenvalue weighted by Gasteiger charge is 2.26. The molecule has 0 radical (unpaired) electrons. The first-order valence-electron chi connectivity index (χ1n) is 3.11. The van der Waals surface area contributed by atoms with Crippen LogP contribution in [0.4, 0.5) is 0 Å². The maximum Gasteiger partial charge on any atom is 0.336 e. The van der Waals surface area contributed by atoms with Crippen LogP contribution in [0.2, 0.25) is 0 Å². The SMILES string of the molecule is CCCS(=O)(=O)C(N)C(=O)O. The smallest absolute Gasteiger partial charge is 0.336 e. The lowest BCUT2D eigenvalue weighted by molar-refractivity contribution is -0.136. The van der Waals surface area contributed by atoms with Crippen molar-refractivity contribution in [3.05, 3.63) is 0 Å². The molecule has 0 rings (SSSR count). The Morgan fingerprint density at radius 2 is 2.09 bits per heavy atom. The van der Waals surface area contributed by atoms with Crippen LogP contribution in [0.15, 0.2) is 0 Å². The molecule has 0 aliphatic rings. The number of carbonyl (C=O) groups is 1. The third kappa shape index (κ3) is 2.85. The van der Waals surface area contributed by atoms with Gasteiger partial charge in [-0.05, 0) is 6.42 Å². The highest BCUT2D eigenvalue weighted by molar-refractivity contribution is 7.92. The van der Waals surface area contributed by atoms with Crippen LogP contribution in [0.5, 0.6) is 0 Å². The molecule has 0 aliphatic heterocycles. The first-order valence-corrected chi connectivity index (χ1v) is 4.83. The predicted molar refractivity (Wildman–Crippen MR) is 39.7 cm³/mol. The van der Waals surface area contributed by atoms with Crippen LogP contribution in [0, 0.1) is 0 Å². The Labute approximate surface area is 65.1 Å². The largest absolute Gasteiger partial charge is 0.479 e. The van der Waals surface area contributed by atoms with E-state index < -0.39 is 21.2 Å². The van der Waals surface area contributed by atoms with Gasteiger partial charge in [0.1, 0.15) is 0 Å². The minimum Gasteiger partial charge on any atom is -0.479 e.